The van der Waals surface area contributed by atoms with Crippen LogP contribution in [0.15, 0.2) is 24.3 Å². The van der Waals surface area contributed by atoms with E-state index in [4.69, 9.17) is 0 Å². The van der Waals surface area contributed by atoms with E-state index in [1.807, 2.05) is 19.0 Å². The molecule has 1 aromatic carbocycles. The Balaban J connectivity index is 2.10. The van der Waals surface area contributed by atoms with Crippen molar-refractivity contribution in [2.24, 2.45) is 0 Å². The van der Waals surface area contributed by atoms with Gasteiger partial charge in [0.25, 0.3) is 5.91 Å². The Labute approximate surface area is 107 Å². The van der Waals surface area contributed by atoms with E-state index in [2.05, 4.69) is 4.90 Å². The highest BCUT2D eigenvalue weighted by Crippen LogP contribution is 2.20. The number of hydrogen-bond acceptors (Lipinski definition) is 2. The molecule has 0 saturated carbocycles. The number of rotatable bonds is 3. The van der Waals surface area contributed by atoms with Gasteiger partial charge in [-0.25, -0.2) is 4.39 Å². The standard InChI is InChI=1S/C14H19FN2O/c1-16(2)10-13-4-3-9-17(13)14(18)11-5-7-12(15)8-6-11/h5-8,13H,3-4,9-10H2,1-2H3. The zero-order valence-corrected chi connectivity index (χ0v) is 10.9. The van der Waals surface area contributed by atoms with Gasteiger partial charge in [0.15, 0.2) is 0 Å². The molecule has 2 rings (SSSR count). The van der Waals surface area contributed by atoms with Gasteiger partial charge in [0.05, 0.1) is 0 Å². The SMILES string of the molecule is CN(C)CC1CCCN1C(=O)c1ccc(F)cc1. The normalized spacial score (nSPS) is 19.6. The molecule has 1 atom stereocenters. The fourth-order valence-corrected chi connectivity index (χ4v) is 2.47. The van der Waals surface area contributed by atoms with E-state index in [1.165, 1.54) is 12.1 Å². The average Bonchev–Trinajstić information content (AvgIpc) is 2.76. The number of carbonyl (C=O) groups excluding carboxylic acids is 1. The summed E-state index contributed by atoms with van der Waals surface area (Å²) in [5, 5.41) is 0. The first-order valence-corrected chi connectivity index (χ1v) is 6.29. The summed E-state index contributed by atoms with van der Waals surface area (Å²) in [5.41, 5.74) is 0.571. The van der Waals surface area contributed by atoms with Crippen LogP contribution < -0.4 is 0 Å². The summed E-state index contributed by atoms with van der Waals surface area (Å²) in [6, 6.07) is 6.07. The number of amides is 1. The Kier molecular flexibility index (Phi) is 3.97. The topological polar surface area (TPSA) is 23.6 Å². The predicted octanol–water partition coefficient (Wildman–Crippen LogP) is 1.99. The molecule has 18 heavy (non-hydrogen) atoms. The maximum Gasteiger partial charge on any atom is 0.254 e. The molecule has 1 amide bonds. The minimum absolute atomic E-state index is 0.0133. The van der Waals surface area contributed by atoms with Crippen molar-refractivity contribution in [2.75, 3.05) is 27.2 Å². The van der Waals surface area contributed by atoms with E-state index < -0.39 is 0 Å². The van der Waals surface area contributed by atoms with E-state index in [1.54, 1.807) is 12.1 Å². The van der Waals surface area contributed by atoms with Gasteiger partial charge < -0.3 is 9.80 Å². The first-order valence-electron chi connectivity index (χ1n) is 6.29. The molecular weight excluding hydrogens is 231 g/mol. The fraction of sp³-hybridized carbons (Fsp3) is 0.500. The lowest BCUT2D eigenvalue weighted by molar-refractivity contribution is 0.0716. The summed E-state index contributed by atoms with van der Waals surface area (Å²) in [6.07, 6.45) is 2.09. The third kappa shape index (κ3) is 2.88. The average molecular weight is 250 g/mol. The minimum Gasteiger partial charge on any atom is -0.334 e. The summed E-state index contributed by atoms with van der Waals surface area (Å²) in [5.74, 6) is -0.294. The largest absolute Gasteiger partial charge is 0.334 e. The van der Waals surface area contributed by atoms with Gasteiger partial charge in [-0.3, -0.25) is 4.79 Å². The van der Waals surface area contributed by atoms with Crippen molar-refractivity contribution in [3.05, 3.63) is 35.6 Å². The number of benzene rings is 1. The van der Waals surface area contributed by atoms with Gasteiger partial charge in [-0.1, -0.05) is 0 Å². The first-order chi connectivity index (χ1) is 8.58. The smallest absolute Gasteiger partial charge is 0.254 e. The van der Waals surface area contributed by atoms with Crippen LogP contribution in [0.5, 0.6) is 0 Å². The second-order valence-electron chi connectivity index (χ2n) is 5.06. The zero-order chi connectivity index (χ0) is 13.1. The number of likely N-dealkylation sites (N-methyl/N-ethyl adjacent to an activating group) is 1. The highest BCUT2D eigenvalue weighted by atomic mass is 19.1. The lowest BCUT2D eigenvalue weighted by Crippen LogP contribution is -2.41. The van der Waals surface area contributed by atoms with Gasteiger partial charge in [0, 0.05) is 24.7 Å². The molecule has 1 saturated heterocycles. The van der Waals surface area contributed by atoms with Gasteiger partial charge in [-0.2, -0.15) is 0 Å². The van der Waals surface area contributed by atoms with Crippen LogP contribution in [0.3, 0.4) is 0 Å². The van der Waals surface area contributed by atoms with E-state index in [9.17, 15) is 9.18 Å². The maximum absolute atomic E-state index is 12.8. The van der Waals surface area contributed by atoms with Gasteiger partial charge in [-0.05, 0) is 51.2 Å². The highest BCUT2D eigenvalue weighted by molar-refractivity contribution is 5.94. The second kappa shape index (κ2) is 5.48. The zero-order valence-electron chi connectivity index (χ0n) is 10.9. The Morgan fingerprint density at radius 3 is 2.67 bits per heavy atom. The van der Waals surface area contributed by atoms with Crippen molar-refractivity contribution >= 4 is 5.91 Å². The van der Waals surface area contributed by atoms with Crippen LogP contribution in [-0.2, 0) is 0 Å². The van der Waals surface area contributed by atoms with Crippen LogP contribution in [0.4, 0.5) is 4.39 Å². The quantitative estimate of drug-likeness (QED) is 0.819. The van der Waals surface area contributed by atoms with E-state index >= 15 is 0 Å². The molecule has 1 unspecified atom stereocenters. The van der Waals surface area contributed by atoms with Crippen molar-refractivity contribution in [3.8, 4) is 0 Å². The van der Waals surface area contributed by atoms with E-state index in [0.29, 0.717) is 5.56 Å². The molecule has 0 aromatic heterocycles. The summed E-state index contributed by atoms with van der Waals surface area (Å²) in [7, 11) is 4.03. The molecule has 0 N–H and O–H groups in total. The molecule has 0 radical (unpaired) electrons. The molecule has 4 heteroatoms. The third-order valence-electron chi connectivity index (χ3n) is 3.31. The van der Waals surface area contributed by atoms with Crippen LogP contribution in [0.1, 0.15) is 23.2 Å². The summed E-state index contributed by atoms with van der Waals surface area (Å²) < 4.78 is 12.8. The number of nitrogens with zero attached hydrogens (tertiary/aromatic N) is 2. The molecule has 1 aromatic rings. The fourth-order valence-electron chi connectivity index (χ4n) is 2.47. The van der Waals surface area contributed by atoms with E-state index in [-0.39, 0.29) is 17.8 Å². The van der Waals surface area contributed by atoms with Gasteiger partial charge in [0.2, 0.25) is 0 Å². The molecule has 0 spiro atoms. The number of carbonyl (C=O) groups is 1. The number of likely N-dealkylation sites (tertiary alicyclic amines) is 1. The second-order valence-corrected chi connectivity index (χ2v) is 5.06. The van der Waals surface area contributed by atoms with Gasteiger partial charge in [0.1, 0.15) is 5.82 Å². The van der Waals surface area contributed by atoms with Gasteiger partial charge in [-0.15, -0.1) is 0 Å². The summed E-state index contributed by atoms with van der Waals surface area (Å²) in [6.45, 7) is 1.68. The molecule has 1 fully saturated rings. The lowest BCUT2D eigenvalue weighted by Gasteiger charge is -2.27. The van der Waals surface area contributed by atoms with Crippen LogP contribution >= 0.6 is 0 Å². The van der Waals surface area contributed by atoms with Crippen molar-refractivity contribution in [1.29, 1.82) is 0 Å². The van der Waals surface area contributed by atoms with Crippen LogP contribution in [0.2, 0.25) is 0 Å². The van der Waals surface area contributed by atoms with Crippen molar-refractivity contribution < 1.29 is 9.18 Å². The third-order valence-corrected chi connectivity index (χ3v) is 3.31. The van der Waals surface area contributed by atoms with Crippen molar-refractivity contribution in [2.45, 2.75) is 18.9 Å². The summed E-state index contributed by atoms with van der Waals surface area (Å²) >= 11 is 0. The van der Waals surface area contributed by atoms with Crippen LogP contribution in [0.25, 0.3) is 0 Å². The first kappa shape index (κ1) is 13.0. The minimum atomic E-state index is -0.308. The monoisotopic (exact) mass is 250 g/mol. The molecule has 1 aliphatic heterocycles. The lowest BCUT2D eigenvalue weighted by atomic mass is 10.1. The van der Waals surface area contributed by atoms with Gasteiger partial charge >= 0.3 is 0 Å². The Morgan fingerprint density at radius 2 is 2.06 bits per heavy atom. The number of halogens is 1. The van der Waals surface area contributed by atoms with Crippen molar-refractivity contribution in [3.63, 3.8) is 0 Å². The highest BCUT2D eigenvalue weighted by Gasteiger charge is 2.29. The van der Waals surface area contributed by atoms with Crippen molar-refractivity contribution in [1.82, 2.24) is 9.80 Å². The molecule has 0 bridgehead atoms. The molecular formula is C14H19FN2O. The Hall–Kier alpha value is -1.42. The maximum atomic E-state index is 12.8. The molecule has 0 aliphatic carbocycles. The molecule has 3 nitrogen and oxygen atoms in total. The van der Waals surface area contributed by atoms with Crippen LogP contribution in [0, 0.1) is 5.82 Å². The Bertz CT molecular complexity index is 416. The molecule has 98 valence electrons. The summed E-state index contributed by atoms with van der Waals surface area (Å²) in [4.78, 5) is 16.3. The molecule has 1 aliphatic rings. The molecule has 1 heterocycles. The van der Waals surface area contributed by atoms with E-state index in [0.717, 1.165) is 25.9 Å². The number of hydrogen-bond donors (Lipinski definition) is 0. The Morgan fingerprint density at radius 1 is 1.39 bits per heavy atom. The predicted molar refractivity (Wildman–Crippen MR) is 69.0 cm³/mol. The van der Waals surface area contributed by atoms with Crippen LogP contribution in [-0.4, -0.2) is 48.9 Å².